The third-order valence-electron chi connectivity index (χ3n) is 5.28. The van der Waals surface area contributed by atoms with Gasteiger partial charge in [-0.1, -0.05) is 41.9 Å². The molecule has 1 fully saturated rings. The summed E-state index contributed by atoms with van der Waals surface area (Å²) < 4.78 is 28.0. The first-order valence-electron chi connectivity index (χ1n) is 9.47. The van der Waals surface area contributed by atoms with Crippen LogP contribution in [0.5, 0.6) is 0 Å². The number of aryl methyl sites for hydroxylation is 1. The molecule has 0 radical (unpaired) electrons. The molecule has 3 rings (SSSR count). The van der Waals surface area contributed by atoms with Crippen LogP contribution < -0.4 is 4.72 Å². The van der Waals surface area contributed by atoms with Gasteiger partial charge in [0.1, 0.15) is 0 Å². The Morgan fingerprint density at radius 1 is 1.17 bits per heavy atom. The molecule has 0 spiro atoms. The van der Waals surface area contributed by atoms with Crippen LogP contribution in [-0.4, -0.2) is 37.9 Å². The average Bonchev–Trinajstić information content (AvgIpc) is 2.69. The van der Waals surface area contributed by atoms with E-state index in [1.807, 2.05) is 24.3 Å². The molecule has 0 unspecified atom stereocenters. The van der Waals surface area contributed by atoms with Crippen LogP contribution in [0.25, 0.3) is 0 Å². The van der Waals surface area contributed by atoms with Crippen molar-refractivity contribution in [3.63, 3.8) is 0 Å². The highest BCUT2D eigenvalue weighted by Gasteiger charge is 2.29. The highest BCUT2D eigenvalue weighted by Crippen LogP contribution is 2.27. The van der Waals surface area contributed by atoms with Gasteiger partial charge in [-0.2, -0.15) is 0 Å². The lowest BCUT2D eigenvalue weighted by molar-refractivity contribution is -0.387. The van der Waals surface area contributed by atoms with E-state index in [1.165, 1.54) is 12.1 Å². The molecule has 9 heteroatoms. The smallest absolute Gasteiger partial charge is 0.289 e. The van der Waals surface area contributed by atoms with Crippen molar-refractivity contribution < 1.29 is 13.3 Å². The van der Waals surface area contributed by atoms with Gasteiger partial charge in [0.2, 0.25) is 10.0 Å². The lowest BCUT2D eigenvalue weighted by Crippen LogP contribution is -2.38. The third-order valence-corrected chi connectivity index (χ3v) is 7.26. The fourth-order valence-corrected chi connectivity index (χ4v) is 5.35. The number of nitro groups is 1. The Balaban J connectivity index is 1.58. The zero-order chi connectivity index (χ0) is 21.0. The van der Waals surface area contributed by atoms with E-state index in [0.29, 0.717) is 5.56 Å². The number of rotatable bonds is 7. The first-order valence-corrected chi connectivity index (χ1v) is 11.3. The number of sulfonamides is 1. The second-order valence-corrected chi connectivity index (χ2v) is 9.45. The summed E-state index contributed by atoms with van der Waals surface area (Å²) in [5.74, 6) is 0.190. The maximum atomic E-state index is 12.7. The minimum Gasteiger partial charge on any atom is -0.299 e. The number of nitrogens with one attached hydrogen (secondary N) is 1. The Hall–Kier alpha value is -2.00. The summed E-state index contributed by atoms with van der Waals surface area (Å²) in [7, 11) is -3.96. The Morgan fingerprint density at radius 3 is 2.52 bits per heavy atom. The van der Waals surface area contributed by atoms with Gasteiger partial charge in [-0.05, 0) is 56.0 Å². The lowest BCUT2D eigenvalue weighted by Gasteiger charge is -2.32. The number of nitrogens with zero attached hydrogens (tertiary/aromatic N) is 2. The predicted octanol–water partition coefficient (Wildman–Crippen LogP) is 3.75. The molecule has 29 heavy (non-hydrogen) atoms. The maximum Gasteiger partial charge on any atom is 0.289 e. The summed E-state index contributed by atoms with van der Waals surface area (Å²) in [6, 6.07) is 12.0. The van der Waals surface area contributed by atoms with Gasteiger partial charge in [0.15, 0.2) is 4.90 Å². The van der Waals surface area contributed by atoms with Gasteiger partial charge in [0.25, 0.3) is 5.69 Å². The van der Waals surface area contributed by atoms with Crippen molar-refractivity contribution in [2.24, 2.45) is 5.92 Å². The van der Waals surface area contributed by atoms with Crippen LogP contribution >= 0.6 is 11.6 Å². The van der Waals surface area contributed by atoms with Crippen molar-refractivity contribution in [3.8, 4) is 0 Å². The fourth-order valence-electron chi connectivity index (χ4n) is 3.65. The normalized spacial score (nSPS) is 16.1. The first kappa shape index (κ1) is 21.7. The van der Waals surface area contributed by atoms with Crippen LogP contribution in [0.15, 0.2) is 47.4 Å². The van der Waals surface area contributed by atoms with Gasteiger partial charge >= 0.3 is 0 Å². The van der Waals surface area contributed by atoms with Gasteiger partial charge < -0.3 is 0 Å². The second kappa shape index (κ2) is 9.21. The van der Waals surface area contributed by atoms with E-state index in [0.717, 1.165) is 43.1 Å². The third kappa shape index (κ3) is 5.33. The number of hydrogen-bond donors (Lipinski definition) is 1. The lowest BCUT2D eigenvalue weighted by atomic mass is 9.97. The molecule has 0 amide bonds. The Morgan fingerprint density at radius 2 is 1.86 bits per heavy atom. The SMILES string of the molecule is Cc1cccc([N+](=O)[O-])c1S(=O)(=O)NCC1CCN(Cc2ccccc2Cl)CC1. The van der Waals surface area contributed by atoms with E-state index in [1.54, 1.807) is 13.0 Å². The zero-order valence-corrected chi connectivity index (χ0v) is 17.7. The molecule has 7 nitrogen and oxygen atoms in total. The van der Waals surface area contributed by atoms with Crippen molar-refractivity contribution in [1.29, 1.82) is 0 Å². The Bertz CT molecular complexity index is 989. The van der Waals surface area contributed by atoms with Crippen molar-refractivity contribution in [3.05, 3.63) is 68.7 Å². The van der Waals surface area contributed by atoms with E-state index >= 15 is 0 Å². The molecule has 1 aliphatic rings. The van der Waals surface area contributed by atoms with Crippen LogP contribution in [0, 0.1) is 23.0 Å². The molecule has 1 heterocycles. The van der Waals surface area contributed by atoms with Crippen LogP contribution in [0.4, 0.5) is 5.69 Å². The van der Waals surface area contributed by atoms with Crippen molar-refractivity contribution in [2.75, 3.05) is 19.6 Å². The van der Waals surface area contributed by atoms with Gasteiger partial charge in [0, 0.05) is 24.2 Å². The molecular weight excluding hydrogens is 414 g/mol. The van der Waals surface area contributed by atoms with Crippen molar-refractivity contribution in [1.82, 2.24) is 9.62 Å². The van der Waals surface area contributed by atoms with Crippen LogP contribution in [-0.2, 0) is 16.6 Å². The molecule has 2 aromatic rings. The molecule has 1 N–H and O–H groups in total. The molecule has 0 aliphatic carbocycles. The number of hydrogen-bond acceptors (Lipinski definition) is 5. The summed E-state index contributed by atoms with van der Waals surface area (Å²) in [4.78, 5) is 12.6. The second-order valence-electron chi connectivity index (χ2n) is 7.34. The standard InChI is InChI=1S/C20H24ClN3O4S/c1-15-5-4-8-19(24(25)26)20(15)29(27,28)22-13-16-9-11-23(12-10-16)14-17-6-2-3-7-18(17)21/h2-8,16,22H,9-14H2,1H3. The zero-order valence-electron chi connectivity index (χ0n) is 16.2. The average molecular weight is 438 g/mol. The molecule has 1 aliphatic heterocycles. The monoisotopic (exact) mass is 437 g/mol. The number of nitro benzene ring substituents is 1. The molecule has 2 aromatic carbocycles. The van der Waals surface area contributed by atoms with Gasteiger partial charge in [0.05, 0.1) is 4.92 Å². The van der Waals surface area contributed by atoms with E-state index in [-0.39, 0.29) is 17.4 Å². The highest BCUT2D eigenvalue weighted by atomic mass is 35.5. The van der Waals surface area contributed by atoms with Gasteiger partial charge in [-0.25, -0.2) is 13.1 Å². The predicted molar refractivity (Wildman–Crippen MR) is 112 cm³/mol. The molecule has 1 saturated heterocycles. The van der Waals surface area contributed by atoms with E-state index in [4.69, 9.17) is 11.6 Å². The summed E-state index contributed by atoms with van der Waals surface area (Å²) >= 11 is 6.23. The van der Waals surface area contributed by atoms with Crippen LogP contribution in [0.3, 0.4) is 0 Å². The highest BCUT2D eigenvalue weighted by molar-refractivity contribution is 7.89. The molecule has 0 aromatic heterocycles. The number of likely N-dealkylation sites (tertiary alicyclic amines) is 1. The number of piperidine rings is 1. The van der Waals surface area contributed by atoms with Crippen LogP contribution in [0.1, 0.15) is 24.0 Å². The van der Waals surface area contributed by atoms with E-state index in [2.05, 4.69) is 9.62 Å². The fraction of sp³-hybridized carbons (Fsp3) is 0.400. The Labute approximate surface area is 175 Å². The van der Waals surface area contributed by atoms with E-state index < -0.39 is 20.6 Å². The molecule has 0 atom stereocenters. The number of halogens is 1. The van der Waals surface area contributed by atoms with Crippen LogP contribution in [0.2, 0.25) is 5.02 Å². The van der Waals surface area contributed by atoms with Gasteiger partial charge in [-0.15, -0.1) is 0 Å². The molecule has 0 bridgehead atoms. The summed E-state index contributed by atoms with van der Waals surface area (Å²) in [5, 5.41) is 12.0. The van der Waals surface area contributed by atoms with Crippen molar-refractivity contribution in [2.45, 2.75) is 31.2 Å². The minimum atomic E-state index is -3.96. The topological polar surface area (TPSA) is 92.5 Å². The number of benzene rings is 2. The summed E-state index contributed by atoms with van der Waals surface area (Å²) in [5.41, 5.74) is 1.05. The Kier molecular flexibility index (Phi) is 6.89. The molecule has 156 valence electrons. The quantitative estimate of drug-likeness (QED) is 0.526. The molecule has 0 saturated carbocycles. The summed E-state index contributed by atoms with van der Waals surface area (Å²) in [6.45, 7) is 4.31. The maximum absolute atomic E-state index is 12.7. The largest absolute Gasteiger partial charge is 0.299 e. The summed E-state index contributed by atoms with van der Waals surface area (Å²) in [6.07, 6.45) is 1.70. The first-order chi connectivity index (χ1) is 13.8. The van der Waals surface area contributed by atoms with Gasteiger partial charge in [-0.3, -0.25) is 15.0 Å². The molecular formula is C20H24ClN3O4S. The minimum absolute atomic E-state index is 0.190. The van der Waals surface area contributed by atoms with Crippen molar-refractivity contribution >= 4 is 27.3 Å². The van der Waals surface area contributed by atoms with E-state index in [9.17, 15) is 18.5 Å².